The number of thiophene rings is 1. The van der Waals surface area contributed by atoms with Gasteiger partial charge in [-0.3, -0.25) is 0 Å². The van der Waals surface area contributed by atoms with Crippen LogP contribution in [0.25, 0.3) is 0 Å². The lowest BCUT2D eigenvalue weighted by molar-refractivity contribution is 0.222. The predicted molar refractivity (Wildman–Crippen MR) is 81.0 cm³/mol. The summed E-state index contributed by atoms with van der Waals surface area (Å²) >= 11 is 1.60. The monoisotopic (exact) mass is 318 g/mol. The van der Waals surface area contributed by atoms with Crippen LogP contribution in [0.4, 0.5) is 0 Å². The Bertz CT molecular complexity index is 528. The van der Waals surface area contributed by atoms with Crippen LogP contribution in [0.15, 0.2) is 16.8 Å². The maximum absolute atomic E-state index is 12.5. The molecule has 0 bridgehead atoms. The topological polar surface area (TPSA) is 60.9 Å². The first-order chi connectivity index (χ1) is 9.37. The van der Waals surface area contributed by atoms with Crippen molar-refractivity contribution in [3.8, 4) is 0 Å². The molecule has 1 fully saturated rings. The van der Waals surface area contributed by atoms with Crippen LogP contribution in [0.1, 0.15) is 25.3 Å². The zero-order valence-corrected chi connectivity index (χ0v) is 13.7. The van der Waals surface area contributed by atoms with Crippen LogP contribution >= 0.6 is 11.3 Å². The molecule has 0 radical (unpaired) electrons. The number of aliphatic hydroxyl groups excluding tert-OH is 1. The molecule has 0 spiro atoms. The highest BCUT2D eigenvalue weighted by molar-refractivity contribution is 7.86. The Kier molecular flexibility index (Phi) is 4.86. The Morgan fingerprint density at radius 1 is 1.50 bits per heavy atom. The molecule has 1 aliphatic rings. The van der Waals surface area contributed by atoms with Crippen LogP contribution in [0, 0.1) is 5.92 Å². The molecular formula is C13H22N2O3S2. The lowest BCUT2D eigenvalue weighted by Crippen LogP contribution is -2.44. The van der Waals surface area contributed by atoms with Crippen molar-refractivity contribution >= 4 is 21.5 Å². The van der Waals surface area contributed by atoms with E-state index in [4.69, 9.17) is 0 Å². The van der Waals surface area contributed by atoms with Gasteiger partial charge < -0.3 is 5.11 Å². The highest BCUT2D eigenvalue weighted by atomic mass is 32.2. The molecule has 7 heteroatoms. The van der Waals surface area contributed by atoms with E-state index in [0.29, 0.717) is 13.1 Å². The first-order valence-corrected chi connectivity index (χ1v) is 9.08. The highest BCUT2D eigenvalue weighted by Gasteiger charge is 2.41. The molecule has 0 aliphatic carbocycles. The van der Waals surface area contributed by atoms with Crippen molar-refractivity contribution in [2.24, 2.45) is 5.92 Å². The number of aliphatic hydroxyl groups is 1. The van der Waals surface area contributed by atoms with Gasteiger partial charge in [0.25, 0.3) is 10.2 Å². The molecule has 0 saturated carbocycles. The first-order valence-electron chi connectivity index (χ1n) is 6.74. The molecule has 0 aromatic carbocycles. The Labute approximate surface area is 125 Å². The molecule has 2 heterocycles. The van der Waals surface area contributed by atoms with Crippen molar-refractivity contribution in [2.75, 3.05) is 26.7 Å². The molecule has 0 unspecified atom stereocenters. The minimum absolute atomic E-state index is 0.0118. The third kappa shape index (κ3) is 2.92. The van der Waals surface area contributed by atoms with Crippen molar-refractivity contribution in [1.29, 1.82) is 0 Å². The Morgan fingerprint density at radius 2 is 2.20 bits per heavy atom. The largest absolute Gasteiger partial charge is 0.396 e. The number of hydrogen-bond acceptors (Lipinski definition) is 4. The number of nitrogens with zero attached hydrogens (tertiary/aromatic N) is 2. The molecule has 0 amide bonds. The fourth-order valence-corrected chi connectivity index (χ4v) is 4.87. The smallest absolute Gasteiger partial charge is 0.281 e. The lowest BCUT2D eigenvalue weighted by Gasteiger charge is -2.26. The summed E-state index contributed by atoms with van der Waals surface area (Å²) in [5.41, 5.74) is 1.12. The van der Waals surface area contributed by atoms with Crippen LogP contribution < -0.4 is 0 Å². The summed E-state index contributed by atoms with van der Waals surface area (Å²) in [6, 6.07) is 1.94. The minimum Gasteiger partial charge on any atom is -0.396 e. The second kappa shape index (κ2) is 6.11. The maximum atomic E-state index is 12.5. The predicted octanol–water partition coefficient (Wildman–Crippen LogP) is 1.34. The van der Waals surface area contributed by atoms with Gasteiger partial charge in [0.1, 0.15) is 0 Å². The fraction of sp³-hybridized carbons (Fsp3) is 0.692. The second-order valence-corrected chi connectivity index (χ2v) is 8.31. The van der Waals surface area contributed by atoms with Gasteiger partial charge in [0, 0.05) is 44.6 Å². The Balaban J connectivity index is 2.21. The van der Waals surface area contributed by atoms with E-state index in [0.717, 1.165) is 5.56 Å². The minimum atomic E-state index is -3.45. The van der Waals surface area contributed by atoms with Crippen LogP contribution in [-0.2, 0) is 10.2 Å². The lowest BCUT2D eigenvalue weighted by atomic mass is 9.92. The van der Waals surface area contributed by atoms with Gasteiger partial charge >= 0.3 is 0 Å². The molecule has 114 valence electrons. The fourth-order valence-electron chi connectivity index (χ4n) is 2.52. The van der Waals surface area contributed by atoms with Gasteiger partial charge in [-0.25, -0.2) is 0 Å². The van der Waals surface area contributed by atoms with E-state index >= 15 is 0 Å². The Hall–Kier alpha value is -0.470. The number of rotatable bonds is 5. The summed E-state index contributed by atoms with van der Waals surface area (Å²) in [5.74, 6) is 0.0570. The summed E-state index contributed by atoms with van der Waals surface area (Å²) in [4.78, 5) is 0. The van der Waals surface area contributed by atoms with Crippen molar-refractivity contribution in [3.05, 3.63) is 22.4 Å². The normalized spacial score (nSPS) is 24.9. The maximum Gasteiger partial charge on any atom is 0.281 e. The summed E-state index contributed by atoms with van der Waals surface area (Å²) in [7, 11) is -1.84. The quantitative estimate of drug-likeness (QED) is 0.891. The first kappa shape index (κ1) is 15.9. The zero-order valence-electron chi connectivity index (χ0n) is 12.1. The van der Waals surface area contributed by atoms with E-state index in [1.807, 2.05) is 30.7 Å². The molecule has 1 N–H and O–H groups in total. The van der Waals surface area contributed by atoms with Crippen molar-refractivity contribution < 1.29 is 13.5 Å². The Morgan fingerprint density at radius 3 is 2.70 bits per heavy atom. The molecule has 5 nitrogen and oxygen atoms in total. The molecule has 20 heavy (non-hydrogen) atoms. The van der Waals surface area contributed by atoms with E-state index in [9.17, 15) is 13.5 Å². The summed E-state index contributed by atoms with van der Waals surface area (Å²) < 4.78 is 27.9. The van der Waals surface area contributed by atoms with Crippen molar-refractivity contribution in [1.82, 2.24) is 8.61 Å². The van der Waals surface area contributed by atoms with Gasteiger partial charge in [-0.2, -0.15) is 28.4 Å². The molecule has 2 atom stereocenters. The molecule has 1 aromatic heterocycles. The summed E-state index contributed by atoms with van der Waals surface area (Å²) in [6.07, 6.45) is 0. The van der Waals surface area contributed by atoms with E-state index < -0.39 is 10.2 Å². The highest BCUT2D eigenvalue weighted by Crippen LogP contribution is 2.35. The van der Waals surface area contributed by atoms with Crippen molar-refractivity contribution in [3.63, 3.8) is 0 Å². The van der Waals surface area contributed by atoms with E-state index in [-0.39, 0.29) is 24.5 Å². The molecule has 2 rings (SSSR count). The SMILES string of the molecule is CC(C)N(C)S(=O)(=O)N1C[C@@H](CO)[C@@H](c2ccsc2)C1. The van der Waals surface area contributed by atoms with Gasteiger partial charge in [-0.15, -0.1) is 0 Å². The van der Waals surface area contributed by atoms with Crippen LogP contribution in [0.3, 0.4) is 0 Å². The van der Waals surface area contributed by atoms with Gasteiger partial charge in [0.15, 0.2) is 0 Å². The molecule has 1 aliphatic heterocycles. The summed E-state index contributed by atoms with van der Waals surface area (Å²) in [6.45, 7) is 4.55. The van der Waals surface area contributed by atoms with Gasteiger partial charge in [0.05, 0.1) is 0 Å². The van der Waals surface area contributed by atoms with E-state index in [1.54, 1.807) is 18.4 Å². The average molecular weight is 318 g/mol. The van der Waals surface area contributed by atoms with E-state index in [2.05, 4.69) is 0 Å². The van der Waals surface area contributed by atoms with Gasteiger partial charge in [-0.1, -0.05) is 0 Å². The van der Waals surface area contributed by atoms with Gasteiger partial charge in [-0.05, 0) is 36.2 Å². The standard InChI is InChI=1S/C13H22N2O3S2/c1-10(2)14(3)20(17,18)15-6-12(8-16)13(7-15)11-4-5-19-9-11/h4-5,9-10,12-13,16H,6-8H2,1-3H3/t12-,13+/m0/s1. The zero-order chi connectivity index (χ0) is 14.9. The molecular weight excluding hydrogens is 296 g/mol. The van der Waals surface area contributed by atoms with E-state index in [1.165, 1.54) is 8.61 Å². The third-order valence-electron chi connectivity index (χ3n) is 4.03. The van der Waals surface area contributed by atoms with Gasteiger partial charge in [0.2, 0.25) is 0 Å². The van der Waals surface area contributed by atoms with Crippen LogP contribution in [0.5, 0.6) is 0 Å². The van der Waals surface area contributed by atoms with Crippen LogP contribution in [-0.4, -0.2) is 54.9 Å². The second-order valence-electron chi connectivity index (χ2n) is 5.54. The summed E-state index contributed by atoms with van der Waals surface area (Å²) in [5, 5.41) is 13.6. The van der Waals surface area contributed by atoms with Crippen LogP contribution in [0.2, 0.25) is 0 Å². The third-order valence-corrected chi connectivity index (χ3v) is 6.83. The average Bonchev–Trinajstić information content (AvgIpc) is 3.05. The molecule has 1 aromatic rings. The van der Waals surface area contributed by atoms with Crippen molar-refractivity contribution in [2.45, 2.75) is 25.8 Å². The molecule has 1 saturated heterocycles. The number of hydrogen-bond donors (Lipinski definition) is 1.